The number of ketones is 1. The van der Waals surface area contributed by atoms with Crippen LogP contribution in [0.3, 0.4) is 0 Å². The van der Waals surface area contributed by atoms with Crippen LogP contribution in [0.15, 0.2) is 0 Å². The minimum Gasteiger partial charge on any atom is -0.391 e. The van der Waals surface area contributed by atoms with Gasteiger partial charge in [0.05, 0.1) is 18.2 Å². The number of nitrogens with zero attached hydrogens (tertiary/aromatic N) is 1. The highest BCUT2D eigenvalue weighted by atomic mass is 16.3. The summed E-state index contributed by atoms with van der Waals surface area (Å²) >= 11 is 0. The highest BCUT2D eigenvalue weighted by molar-refractivity contribution is 5.86. The lowest BCUT2D eigenvalue weighted by Gasteiger charge is -2.55. The van der Waals surface area contributed by atoms with E-state index in [1.165, 1.54) is 6.92 Å². The van der Waals surface area contributed by atoms with E-state index < -0.39 is 30.2 Å². The first-order valence-electron chi connectivity index (χ1n) is 8.36. The largest absolute Gasteiger partial charge is 0.391 e. The van der Waals surface area contributed by atoms with Gasteiger partial charge in [0.25, 0.3) is 0 Å². The molecule has 2 aliphatic rings. The minimum atomic E-state index is -0.819. The Kier molecular flexibility index (Phi) is 5.45. The van der Waals surface area contributed by atoms with Crippen LogP contribution in [0.5, 0.6) is 0 Å². The van der Waals surface area contributed by atoms with Crippen LogP contribution in [-0.4, -0.2) is 64.2 Å². The fourth-order valence-corrected chi connectivity index (χ4v) is 4.08. The highest BCUT2D eigenvalue weighted by Crippen LogP contribution is 2.46. The molecule has 0 aromatic carbocycles. The second-order valence-electron chi connectivity index (χ2n) is 7.44. The maximum atomic E-state index is 12.2. The molecule has 1 saturated carbocycles. The first kappa shape index (κ1) is 18.3. The van der Waals surface area contributed by atoms with Crippen molar-refractivity contribution in [2.24, 2.45) is 22.8 Å². The lowest BCUT2D eigenvalue weighted by atomic mass is 9.64. The minimum absolute atomic E-state index is 0.0509. The third-order valence-electron chi connectivity index (χ3n) is 5.52. The van der Waals surface area contributed by atoms with Gasteiger partial charge in [-0.15, -0.1) is 0 Å². The van der Waals surface area contributed by atoms with E-state index in [1.54, 1.807) is 6.92 Å². The summed E-state index contributed by atoms with van der Waals surface area (Å²) in [5, 5.41) is 19.2. The van der Waals surface area contributed by atoms with Crippen molar-refractivity contribution in [1.82, 2.24) is 4.90 Å². The van der Waals surface area contributed by atoms with Gasteiger partial charge in [-0.3, -0.25) is 14.5 Å². The Morgan fingerprint density at radius 1 is 1.13 bits per heavy atom. The van der Waals surface area contributed by atoms with Crippen molar-refractivity contribution in [2.75, 3.05) is 13.1 Å². The summed E-state index contributed by atoms with van der Waals surface area (Å²) in [7, 11) is 0. The van der Waals surface area contributed by atoms with Gasteiger partial charge in [0.1, 0.15) is 6.04 Å². The summed E-state index contributed by atoms with van der Waals surface area (Å²) in [6.07, 6.45) is 1.73. The van der Waals surface area contributed by atoms with E-state index in [1.807, 2.05) is 4.90 Å². The van der Waals surface area contributed by atoms with Crippen molar-refractivity contribution in [1.29, 1.82) is 0 Å². The van der Waals surface area contributed by atoms with Crippen LogP contribution < -0.4 is 11.5 Å². The van der Waals surface area contributed by atoms with E-state index >= 15 is 0 Å². The molecule has 1 heterocycles. The van der Waals surface area contributed by atoms with E-state index in [0.717, 1.165) is 38.8 Å². The second-order valence-corrected chi connectivity index (χ2v) is 7.44. The van der Waals surface area contributed by atoms with Gasteiger partial charge in [-0.25, -0.2) is 0 Å². The molecule has 7 heteroatoms. The van der Waals surface area contributed by atoms with Gasteiger partial charge in [0.2, 0.25) is 5.91 Å². The third kappa shape index (κ3) is 3.74. The zero-order valence-corrected chi connectivity index (χ0v) is 13.9. The van der Waals surface area contributed by atoms with Gasteiger partial charge in [0.15, 0.2) is 5.78 Å². The Hall–Kier alpha value is -1.02. The highest BCUT2D eigenvalue weighted by Gasteiger charge is 2.50. The third-order valence-corrected chi connectivity index (χ3v) is 5.52. The molecule has 1 spiro atoms. The van der Waals surface area contributed by atoms with Gasteiger partial charge in [-0.1, -0.05) is 0 Å². The molecule has 0 bridgehead atoms. The Balaban J connectivity index is 1.87. The molecule has 6 N–H and O–H groups in total. The van der Waals surface area contributed by atoms with Gasteiger partial charge >= 0.3 is 0 Å². The number of carbonyl (C=O) groups is 2. The summed E-state index contributed by atoms with van der Waals surface area (Å²) in [5.74, 6) is -0.630. The van der Waals surface area contributed by atoms with Gasteiger partial charge in [-0.05, 0) is 44.9 Å². The van der Waals surface area contributed by atoms with E-state index in [0.29, 0.717) is 0 Å². The molecule has 23 heavy (non-hydrogen) atoms. The number of hydrogen-bond donors (Lipinski definition) is 4. The van der Waals surface area contributed by atoms with Gasteiger partial charge < -0.3 is 21.7 Å². The maximum Gasteiger partial charge on any atom is 0.237 e. The molecule has 2 rings (SSSR count). The molecular formula is C16H29N3O4. The van der Waals surface area contributed by atoms with Crippen molar-refractivity contribution in [3.63, 3.8) is 0 Å². The predicted molar refractivity (Wildman–Crippen MR) is 85.3 cm³/mol. The molecule has 0 aromatic heterocycles. The summed E-state index contributed by atoms with van der Waals surface area (Å²) in [6.45, 7) is 4.58. The molecule has 1 saturated heterocycles. The Morgan fingerprint density at radius 2 is 1.65 bits per heavy atom. The van der Waals surface area contributed by atoms with Crippen molar-refractivity contribution < 1.29 is 19.8 Å². The summed E-state index contributed by atoms with van der Waals surface area (Å²) in [6, 6.07) is -1.44. The molecule has 1 aliphatic heterocycles. The zero-order chi connectivity index (χ0) is 17.4. The average Bonchev–Trinajstić information content (AvgIpc) is 2.44. The first-order chi connectivity index (χ1) is 10.7. The van der Waals surface area contributed by atoms with Crippen molar-refractivity contribution >= 4 is 11.7 Å². The van der Waals surface area contributed by atoms with E-state index in [9.17, 15) is 19.8 Å². The number of Topliss-reactive ketones (excluding diaryl/α,β-unsaturated/α-hetero) is 1. The lowest BCUT2D eigenvalue weighted by Crippen LogP contribution is -2.66. The second kappa shape index (κ2) is 6.84. The number of amides is 1. The molecule has 0 aromatic rings. The van der Waals surface area contributed by atoms with Crippen LogP contribution in [0.1, 0.15) is 39.5 Å². The molecule has 7 nitrogen and oxygen atoms in total. The van der Waals surface area contributed by atoms with Gasteiger partial charge in [0, 0.05) is 19.0 Å². The van der Waals surface area contributed by atoms with E-state index in [2.05, 4.69) is 0 Å². The maximum absolute atomic E-state index is 12.2. The van der Waals surface area contributed by atoms with Gasteiger partial charge in [-0.2, -0.15) is 0 Å². The van der Waals surface area contributed by atoms with E-state index in [-0.39, 0.29) is 17.1 Å². The van der Waals surface area contributed by atoms with Crippen molar-refractivity contribution in [3.05, 3.63) is 0 Å². The number of aliphatic hydroxyl groups is 2. The summed E-state index contributed by atoms with van der Waals surface area (Å²) in [4.78, 5) is 25.6. The molecule has 4 atom stereocenters. The van der Waals surface area contributed by atoms with Crippen LogP contribution in [0, 0.1) is 11.3 Å². The summed E-state index contributed by atoms with van der Waals surface area (Å²) in [5.41, 5.74) is 11.2. The Labute approximate surface area is 137 Å². The number of primary amides is 1. The van der Waals surface area contributed by atoms with Crippen LogP contribution in [0.4, 0.5) is 0 Å². The number of likely N-dealkylation sites (tertiary alicyclic amines) is 1. The SMILES string of the molecule is C[C@@H](O)[C@H](N)C(=O)C1CCC2(CC1)CN([C@H](C(N)=O)[C@@H](C)O)C2. The molecule has 2 fully saturated rings. The van der Waals surface area contributed by atoms with Crippen LogP contribution in [0.25, 0.3) is 0 Å². The number of aliphatic hydroxyl groups excluding tert-OH is 2. The fraction of sp³-hybridized carbons (Fsp3) is 0.875. The molecule has 132 valence electrons. The smallest absolute Gasteiger partial charge is 0.237 e. The standard InChI is InChI=1S/C16H29N3O4/c1-9(20)12(17)14(22)11-3-5-16(6-4-11)7-19(8-16)13(10(2)21)15(18)23/h9-13,20-21H,3-8,17H2,1-2H3,(H2,18,23)/t9-,10-,12+,13+/m1/s1. The number of nitrogens with two attached hydrogens (primary N) is 2. The van der Waals surface area contributed by atoms with Crippen LogP contribution in [0.2, 0.25) is 0 Å². The average molecular weight is 327 g/mol. The zero-order valence-electron chi connectivity index (χ0n) is 13.9. The Bertz CT molecular complexity index is 450. The molecule has 0 unspecified atom stereocenters. The summed E-state index contributed by atoms with van der Waals surface area (Å²) < 4.78 is 0. The van der Waals surface area contributed by atoms with Crippen molar-refractivity contribution in [2.45, 2.75) is 63.8 Å². The topological polar surface area (TPSA) is 130 Å². The first-order valence-corrected chi connectivity index (χ1v) is 8.36. The number of carbonyl (C=O) groups excluding carboxylic acids is 2. The molecule has 1 amide bonds. The molecule has 0 radical (unpaired) electrons. The fourth-order valence-electron chi connectivity index (χ4n) is 4.08. The number of hydrogen-bond acceptors (Lipinski definition) is 6. The lowest BCUT2D eigenvalue weighted by molar-refractivity contribution is -0.141. The van der Waals surface area contributed by atoms with Crippen molar-refractivity contribution in [3.8, 4) is 0 Å². The monoisotopic (exact) mass is 327 g/mol. The van der Waals surface area contributed by atoms with Crippen LogP contribution in [-0.2, 0) is 9.59 Å². The van der Waals surface area contributed by atoms with E-state index in [4.69, 9.17) is 11.5 Å². The van der Waals surface area contributed by atoms with Crippen LogP contribution >= 0.6 is 0 Å². The number of rotatable bonds is 6. The normalized spacial score (nSPS) is 27.0. The Morgan fingerprint density at radius 3 is 2.04 bits per heavy atom. The molecular weight excluding hydrogens is 298 g/mol. The molecule has 1 aliphatic carbocycles. The quantitative estimate of drug-likeness (QED) is 0.494. The predicted octanol–water partition coefficient (Wildman–Crippen LogP) is -1.01.